The van der Waals surface area contributed by atoms with Crippen molar-refractivity contribution < 1.29 is 14.3 Å². The fourth-order valence-corrected chi connectivity index (χ4v) is 2.35. The SMILES string of the molecule is CC(=O)c1cccc(NC(=O)[C@@H](C)Oc2ccc(C(C)(C)C)cc2)c1. The number of Topliss-reactive ketones (excluding diaryl/α,β-unsaturated/α-hetero) is 1. The highest BCUT2D eigenvalue weighted by molar-refractivity contribution is 5.98. The molecule has 4 nitrogen and oxygen atoms in total. The number of carbonyl (C=O) groups is 2. The maximum atomic E-state index is 12.3. The van der Waals surface area contributed by atoms with E-state index in [9.17, 15) is 9.59 Å². The first kappa shape index (κ1) is 18.7. The summed E-state index contributed by atoms with van der Waals surface area (Å²) in [6, 6.07) is 14.6. The van der Waals surface area contributed by atoms with Gasteiger partial charge in [0.1, 0.15) is 5.75 Å². The van der Waals surface area contributed by atoms with E-state index in [1.807, 2.05) is 24.3 Å². The molecule has 132 valence electrons. The molecule has 2 rings (SSSR count). The van der Waals surface area contributed by atoms with E-state index in [1.165, 1.54) is 12.5 Å². The molecule has 0 aliphatic rings. The molecule has 0 spiro atoms. The van der Waals surface area contributed by atoms with Gasteiger partial charge in [0.05, 0.1) is 0 Å². The predicted molar refractivity (Wildman–Crippen MR) is 100 cm³/mol. The zero-order valence-electron chi connectivity index (χ0n) is 15.4. The van der Waals surface area contributed by atoms with Crippen molar-refractivity contribution in [2.75, 3.05) is 5.32 Å². The third-order valence-electron chi connectivity index (χ3n) is 3.94. The lowest BCUT2D eigenvalue weighted by molar-refractivity contribution is -0.122. The van der Waals surface area contributed by atoms with Gasteiger partial charge < -0.3 is 10.1 Å². The van der Waals surface area contributed by atoms with Crippen LogP contribution >= 0.6 is 0 Å². The third kappa shape index (κ3) is 5.18. The van der Waals surface area contributed by atoms with Crippen molar-refractivity contribution in [2.24, 2.45) is 0 Å². The van der Waals surface area contributed by atoms with Crippen LogP contribution < -0.4 is 10.1 Å². The number of benzene rings is 2. The zero-order valence-corrected chi connectivity index (χ0v) is 15.4. The molecule has 25 heavy (non-hydrogen) atoms. The second-order valence-corrected chi connectivity index (χ2v) is 7.16. The van der Waals surface area contributed by atoms with Gasteiger partial charge in [-0.25, -0.2) is 0 Å². The number of rotatable bonds is 5. The van der Waals surface area contributed by atoms with Gasteiger partial charge in [0, 0.05) is 11.3 Å². The van der Waals surface area contributed by atoms with Gasteiger partial charge in [-0.15, -0.1) is 0 Å². The van der Waals surface area contributed by atoms with E-state index in [4.69, 9.17) is 4.74 Å². The second kappa shape index (κ2) is 7.51. The molecule has 0 saturated carbocycles. The Bertz CT molecular complexity index is 757. The molecule has 0 radical (unpaired) electrons. The molecule has 1 N–H and O–H groups in total. The summed E-state index contributed by atoms with van der Waals surface area (Å²) in [6.45, 7) is 9.63. The van der Waals surface area contributed by atoms with Gasteiger partial charge >= 0.3 is 0 Å². The minimum absolute atomic E-state index is 0.0423. The highest BCUT2D eigenvalue weighted by atomic mass is 16.5. The predicted octanol–water partition coefficient (Wildman–Crippen LogP) is 4.59. The lowest BCUT2D eigenvalue weighted by Gasteiger charge is -2.20. The maximum Gasteiger partial charge on any atom is 0.265 e. The molecule has 2 aromatic rings. The van der Waals surface area contributed by atoms with Crippen LogP contribution in [0.4, 0.5) is 5.69 Å². The Kier molecular flexibility index (Phi) is 5.62. The first-order valence-electron chi connectivity index (χ1n) is 8.36. The summed E-state index contributed by atoms with van der Waals surface area (Å²) >= 11 is 0. The number of ketones is 1. The van der Waals surface area contributed by atoms with Crippen LogP contribution in [0.25, 0.3) is 0 Å². The smallest absolute Gasteiger partial charge is 0.265 e. The number of anilines is 1. The lowest BCUT2D eigenvalue weighted by Crippen LogP contribution is -2.30. The Balaban J connectivity index is 2.00. The van der Waals surface area contributed by atoms with Gasteiger partial charge in [-0.3, -0.25) is 9.59 Å². The van der Waals surface area contributed by atoms with Gasteiger partial charge in [-0.2, -0.15) is 0 Å². The van der Waals surface area contributed by atoms with E-state index >= 15 is 0 Å². The Hall–Kier alpha value is -2.62. The Morgan fingerprint density at radius 2 is 1.68 bits per heavy atom. The molecule has 0 aromatic heterocycles. The largest absolute Gasteiger partial charge is 0.481 e. The van der Waals surface area contributed by atoms with Crippen molar-refractivity contribution in [3.05, 3.63) is 59.7 Å². The van der Waals surface area contributed by atoms with E-state index in [2.05, 4.69) is 26.1 Å². The van der Waals surface area contributed by atoms with Crippen LogP contribution in [-0.4, -0.2) is 17.8 Å². The molecule has 0 unspecified atom stereocenters. The Morgan fingerprint density at radius 1 is 1.04 bits per heavy atom. The van der Waals surface area contributed by atoms with Crippen molar-refractivity contribution in [3.63, 3.8) is 0 Å². The monoisotopic (exact) mass is 339 g/mol. The summed E-state index contributed by atoms with van der Waals surface area (Å²) in [4.78, 5) is 23.7. The molecule has 0 heterocycles. The van der Waals surface area contributed by atoms with Crippen LogP contribution in [0, 0.1) is 0 Å². The number of carbonyl (C=O) groups excluding carboxylic acids is 2. The summed E-state index contributed by atoms with van der Waals surface area (Å²) in [6.07, 6.45) is -0.651. The normalized spacial score (nSPS) is 12.4. The molecule has 1 amide bonds. The molecule has 0 aliphatic heterocycles. The number of amides is 1. The fraction of sp³-hybridized carbons (Fsp3) is 0.333. The minimum atomic E-state index is -0.651. The highest BCUT2D eigenvalue weighted by Gasteiger charge is 2.17. The average Bonchev–Trinajstić information content (AvgIpc) is 2.54. The van der Waals surface area contributed by atoms with Crippen molar-refractivity contribution in [1.82, 2.24) is 0 Å². The standard InChI is InChI=1S/C21H25NO3/c1-14(23)16-7-6-8-18(13-16)22-20(24)15(2)25-19-11-9-17(10-12-19)21(3,4)5/h6-13,15H,1-5H3,(H,22,24)/t15-/m1/s1. The second-order valence-electron chi connectivity index (χ2n) is 7.16. The third-order valence-corrected chi connectivity index (χ3v) is 3.94. The van der Waals surface area contributed by atoms with Crippen LogP contribution in [0.5, 0.6) is 5.75 Å². The van der Waals surface area contributed by atoms with Gasteiger partial charge in [0.2, 0.25) is 0 Å². The van der Waals surface area contributed by atoms with Crippen molar-refractivity contribution in [3.8, 4) is 5.75 Å². The van der Waals surface area contributed by atoms with Crippen LogP contribution in [0.2, 0.25) is 0 Å². The molecule has 0 aliphatic carbocycles. The molecule has 2 aromatic carbocycles. The van der Waals surface area contributed by atoms with Crippen LogP contribution in [-0.2, 0) is 10.2 Å². The van der Waals surface area contributed by atoms with Gasteiger partial charge in [0.15, 0.2) is 11.9 Å². The van der Waals surface area contributed by atoms with Crippen molar-refractivity contribution in [2.45, 2.75) is 46.1 Å². The fourth-order valence-electron chi connectivity index (χ4n) is 2.35. The Labute approximate surface area is 149 Å². The maximum absolute atomic E-state index is 12.3. The van der Waals surface area contributed by atoms with E-state index < -0.39 is 6.10 Å². The summed E-state index contributed by atoms with van der Waals surface area (Å²) in [5.41, 5.74) is 2.42. The molecule has 0 bridgehead atoms. The zero-order chi connectivity index (χ0) is 18.6. The van der Waals surface area contributed by atoms with Gasteiger partial charge in [0.25, 0.3) is 5.91 Å². The average molecular weight is 339 g/mol. The van der Waals surface area contributed by atoms with Crippen molar-refractivity contribution in [1.29, 1.82) is 0 Å². The van der Waals surface area contributed by atoms with Crippen molar-refractivity contribution >= 4 is 17.4 Å². The van der Waals surface area contributed by atoms with Gasteiger partial charge in [-0.1, -0.05) is 45.0 Å². The Morgan fingerprint density at radius 3 is 2.24 bits per heavy atom. The van der Waals surface area contributed by atoms with E-state index in [1.54, 1.807) is 31.2 Å². The molecule has 0 saturated heterocycles. The van der Waals surface area contributed by atoms with Crippen LogP contribution in [0.3, 0.4) is 0 Å². The summed E-state index contributed by atoms with van der Waals surface area (Å²) in [5.74, 6) is 0.341. The van der Waals surface area contributed by atoms with E-state index in [0.717, 1.165) is 0 Å². The minimum Gasteiger partial charge on any atom is -0.481 e. The molecular weight excluding hydrogens is 314 g/mol. The molecular formula is C21H25NO3. The summed E-state index contributed by atoms with van der Waals surface area (Å²) < 4.78 is 5.71. The topological polar surface area (TPSA) is 55.4 Å². The van der Waals surface area contributed by atoms with Gasteiger partial charge in [-0.05, 0) is 49.1 Å². The number of hydrogen-bond acceptors (Lipinski definition) is 3. The van der Waals surface area contributed by atoms with E-state index in [-0.39, 0.29) is 17.1 Å². The highest BCUT2D eigenvalue weighted by Crippen LogP contribution is 2.24. The van der Waals surface area contributed by atoms with Crippen LogP contribution in [0.1, 0.15) is 50.5 Å². The molecule has 1 atom stereocenters. The number of nitrogens with one attached hydrogen (secondary N) is 1. The first-order valence-corrected chi connectivity index (χ1v) is 8.36. The number of hydrogen-bond donors (Lipinski definition) is 1. The van der Waals surface area contributed by atoms with Crippen LogP contribution in [0.15, 0.2) is 48.5 Å². The quantitative estimate of drug-likeness (QED) is 0.810. The number of ether oxygens (including phenoxy) is 1. The lowest BCUT2D eigenvalue weighted by atomic mass is 9.87. The molecule has 4 heteroatoms. The van der Waals surface area contributed by atoms with E-state index in [0.29, 0.717) is 17.0 Å². The summed E-state index contributed by atoms with van der Waals surface area (Å²) in [5, 5.41) is 2.78. The molecule has 0 fully saturated rings. The first-order chi connectivity index (χ1) is 11.7. The summed E-state index contributed by atoms with van der Waals surface area (Å²) in [7, 11) is 0.